The van der Waals surface area contributed by atoms with E-state index in [4.69, 9.17) is 19.7 Å². The molecule has 0 radical (unpaired) electrons. The number of ether oxygens (including phenoxy) is 2. The molecule has 0 heterocycles. The van der Waals surface area contributed by atoms with E-state index in [9.17, 15) is 19.2 Å². The van der Waals surface area contributed by atoms with Crippen molar-refractivity contribution in [1.82, 2.24) is 10.6 Å². The van der Waals surface area contributed by atoms with Gasteiger partial charge in [-0.2, -0.15) is 0 Å². The molecule has 150 valence electrons. The lowest BCUT2D eigenvalue weighted by atomic mass is 10.3. The summed E-state index contributed by atoms with van der Waals surface area (Å²) in [5.74, 6) is -2.57. The summed E-state index contributed by atoms with van der Waals surface area (Å²) in [5, 5.41) is 22.1. The van der Waals surface area contributed by atoms with Gasteiger partial charge in [-0.05, 0) is 12.8 Å². The lowest BCUT2D eigenvalue weighted by molar-refractivity contribution is -0.139. The molecule has 0 bridgehead atoms. The molecule has 10 nitrogen and oxygen atoms in total. The Morgan fingerprint density at radius 1 is 0.615 bits per heavy atom. The number of rotatable bonds is 17. The summed E-state index contributed by atoms with van der Waals surface area (Å²) in [6.07, 6.45) is 0.855. The Bertz CT molecular complexity index is 402. The first-order valence-electron chi connectivity index (χ1n) is 8.54. The van der Waals surface area contributed by atoms with Crippen molar-refractivity contribution in [3.8, 4) is 0 Å². The van der Waals surface area contributed by atoms with Crippen molar-refractivity contribution >= 4 is 23.8 Å². The smallest absolute Gasteiger partial charge is 0.303 e. The summed E-state index contributed by atoms with van der Waals surface area (Å²) in [6.45, 7) is 2.61. The topological polar surface area (TPSA) is 151 Å². The quantitative estimate of drug-likeness (QED) is 0.254. The zero-order valence-corrected chi connectivity index (χ0v) is 14.8. The van der Waals surface area contributed by atoms with Gasteiger partial charge in [0.05, 0.1) is 26.1 Å². The van der Waals surface area contributed by atoms with Gasteiger partial charge in [0.15, 0.2) is 0 Å². The first-order valence-corrected chi connectivity index (χ1v) is 8.54. The van der Waals surface area contributed by atoms with Gasteiger partial charge in [-0.25, -0.2) is 0 Å². The average molecular weight is 376 g/mol. The maximum absolute atomic E-state index is 11.2. The maximum atomic E-state index is 11.2. The number of aliphatic carboxylic acids is 2. The van der Waals surface area contributed by atoms with Crippen molar-refractivity contribution in [3.63, 3.8) is 0 Å². The van der Waals surface area contributed by atoms with Gasteiger partial charge in [0, 0.05) is 39.1 Å². The van der Waals surface area contributed by atoms with Crippen LogP contribution in [0.15, 0.2) is 0 Å². The largest absolute Gasteiger partial charge is 0.481 e. The molecule has 0 aromatic heterocycles. The van der Waals surface area contributed by atoms with Crippen LogP contribution in [0.3, 0.4) is 0 Å². The lowest BCUT2D eigenvalue weighted by Gasteiger charge is -2.07. The van der Waals surface area contributed by atoms with E-state index in [-0.39, 0.29) is 37.5 Å². The number of hydrogen-bond donors (Lipinski definition) is 4. The highest BCUT2D eigenvalue weighted by atomic mass is 16.5. The Hall–Kier alpha value is -2.20. The highest BCUT2D eigenvalue weighted by Gasteiger charge is 2.05. The van der Waals surface area contributed by atoms with E-state index in [0.717, 1.165) is 0 Å². The van der Waals surface area contributed by atoms with Crippen molar-refractivity contribution in [2.24, 2.45) is 0 Å². The van der Waals surface area contributed by atoms with Gasteiger partial charge in [0.25, 0.3) is 0 Å². The molecule has 0 atom stereocenters. The highest BCUT2D eigenvalue weighted by Crippen LogP contribution is 1.91. The Labute approximate surface area is 152 Å². The molecule has 10 heteroatoms. The third kappa shape index (κ3) is 18.1. The first kappa shape index (κ1) is 23.8. The fourth-order valence-electron chi connectivity index (χ4n) is 1.74. The fraction of sp³-hybridized carbons (Fsp3) is 0.750. The Morgan fingerprint density at radius 3 is 1.35 bits per heavy atom. The van der Waals surface area contributed by atoms with Gasteiger partial charge in [0.2, 0.25) is 11.8 Å². The van der Waals surface area contributed by atoms with Crippen LogP contribution in [0.1, 0.15) is 38.5 Å². The third-order valence-electron chi connectivity index (χ3n) is 3.08. The Balaban J connectivity index is 3.24. The number of carboxylic acid groups (broad SMARTS) is 2. The van der Waals surface area contributed by atoms with E-state index in [1.807, 2.05) is 0 Å². The molecule has 0 spiro atoms. The maximum Gasteiger partial charge on any atom is 0.303 e. The molecule has 0 saturated carbocycles. The first-order chi connectivity index (χ1) is 12.4. The summed E-state index contributed by atoms with van der Waals surface area (Å²) in [5.41, 5.74) is 0. The number of carboxylic acids is 2. The lowest BCUT2D eigenvalue weighted by Crippen LogP contribution is -2.26. The molecular formula is C16H28N2O8. The van der Waals surface area contributed by atoms with Crippen LogP contribution in [0.5, 0.6) is 0 Å². The summed E-state index contributed by atoms with van der Waals surface area (Å²) in [6, 6.07) is 0. The monoisotopic (exact) mass is 376 g/mol. The molecule has 0 aliphatic carbocycles. The van der Waals surface area contributed by atoms with Crippen LogP contribution >= 0.6 is 0 Å². The van der Waals surface area contributed by atoms with Gasteiger partial charge < -0.3 is 30.3 Å². The molecule has 0 unspecified atom stereocenters. The molecule has 0 aromatic carbocycles. The fourth-order valence-corrected chi connectivity index (χ4v) is 1.74. The Morgan fingerprint density at radius 2 is 1.00 bits per heavy atom. The minimum atomic E-state index is -0.996. The highest BCUT2D eigenvalue weighted by molar-refractivity contribution is 5.81. The van der Waals surface area contributed by atoms with Gasteiger partial charge in [-0.1, -0.05) is 0 Å². The molecule has 0 aliphatic rings. The number of nitrogens with one attached hydrogen (secondary N) is 2. The molecular weight excluding hydrogens is 348 g/mol. The number of amides is 2. The van der Waals surface area contributed by atoms with Crippen molar-refractivity contribution < 1.29 is 38.9 Å². The van der Waals surface area contributed by atoms with Crippen LogP contribution in [0, 0.1) is 0 Å². The van der Waals surface area contributed by atoms with E-state index in [1.54, 1.807) is 0 Å². The van der Waals surface area contributed by atoms with Crippen LogP contribution < -0.4 is 10.6 Å². The van der Waals surface area contributed by atoms with Crippen LogP contribution in [0.4, 0.5) is 0 Å². The predicted molar refractivity (Wildman–Crippen MR) is 90.6 cm³/mol. The van der Waals surface area contributed by atoms with Gasteiger partial charge in [-0.15, -0.1) is 0 Å². The number of carbonyl (C=O) groups is 4. The average Bonchev–Trinajstić information content (AvgIpc) is 2.59. The summed E-state index contributed by atoms with van der Waals surface area (Å²) < 4.78 is 10.6. The molecule has 0 fully saturated rings. The van der Waals surface area contributed by atoms with Gasteiger partial charge in [-0.3, -0.25) is 19.2 Å². The Kier molecular flexibility index (Phi) is 14.9. The molecule has 26 heavy (non-hydrogen) atoms. The van der Waals surface area contributed by atoms with Gasteiger partial charge >= 0.3 is 11.9 Å². The summed E-state index contributed by atoms with van der Waals surface area (Å²) in [7, 11) is 0. The molecule has 0 aliphatic heterocycles. The normalized spacial score (nSPS) is 10.3. The summed E-state index contributed by atoms with van der Waals surface area (Å²) in [4.78, 5) is 43.0. The standard InChI is InChI=1S/C16H28N2O8/c19-13(3-5-15(21)22)17-7-1-9-25-11-12-26-10-2-8-18-14(20)4-6-16(23)24/h1-12H2,(H,17,19)(H,18,20)(H,21,22)(H,23,24). The van der Waals surface area contributed by atoms with E-state index in [1.165, 1.54) is 0 Å². The number of carbonyl (C=O) groups excluding carboxylic acids is 2. The predicted octanol–water partition coefficient (Wildman–Crippen LogP) is -0.238. The molecule has 0 rings (SSSR count). The minimum Gasteiger partial charge on any atom is -0.481 e. The molecule has 2 amide bonds. The molecule has 4 N–H and O–H groups in total. The van der Waals surface area contributed by atoms with Crippen molar-refractivity contribution in [2.75, 3.05) is 39.5 Å². The SMILES string of the molecule is O=C(O)CCC(=O)NCCCOCCOCCCNC(=O)CCC(=O)O. The van der Waals surface area contributed by atoms with Crippen LogP contribution in [0.25, 0.3) is 0 Å². The zero-order valence-electron chi connectivity index (χ0n) is 14.8. The van der Waals surface area contributed by atoms with E-state index >= 15 is 0 Å². The van der Waals surface area contributed by atoms with Crippen LogP contribution in [-0.2, 0) is 28.7 Å². The third-order valence-corrected chi connectivity index (χ3v) is 3.08. The van der Waals surface area contributed by atoms with Crippen molar-refractivity contribution in [3.05, 3.63) is 0 Å². The van der Waals surface area contributed by atoms with E-state index in [0.29, 0.717) is 52.4 Å². The molecule has 0 saturated heterocycles. The molecule has 0 aromatic rings. The summed E-state index contributed by atoms with van der Waals surface area (Å²) >= 11 is 0. The second kappa shape index (κ2) is 16.3. The van der Waals surface area contributed by atoms with Crippen molar-refractivity contribution in [1.29, 1.82) is 0 Å². The van der Waals surface area contributed by atoms with Crippen LogP contribution in [-0.4, -0.2) is 73.5 Å². The minimum absolute atomic E-state index is 0.0238. The number of hydrogen-bond acceptors (Lipinski definition) is 6. The van der Waals surface area contributed by atoms with E-state index < -0.39 is 11.9 Å². The second-order valence-electron chi connectivity index (χ2n) is 5.42. The second-order valence-corrected chi connectivity index (χ2v) is 5.42. The van der Waals surface area contributed by atoms with Crippen LogP contribution in [0.2, 0.25) is 0 Å². The van der Waals surface area contributed by atoms with Crippen molar-refractivity contribution in [2.45, 2.75) is 38.5 Å². The van der Waals surface area contributed by atoms with E-state index in [2.05, 4.69) is 10.6 Å². The van der Waals surface area contributed by atoms with Gasteiger partial charge in [0.1, 0.15) is 0 Å². The zero-order chi connectivity index (χ0) is 19.6.